The van der Waals surface area contributed by atoms with E-state index >= 15 is 0 Å². The first-order chi connectivity index (χ1) is 7.59. The molecule has 3 atom stereocenters. The Morgan fingerprint density at radius 1 is 1.25 bits per heavy atom. The summed E-state index contributed by atoms with van der Waals surface area (Å²) in [6.45, 7) is 5.06. The summed E-state index contributed by atoms with van der Waals surface area (Å²) in [6, 6.07) is 0.124. The number of hydrogen-bond donors (Lipinski definition) is 1. The van der Waals surface area contributed by atoms with Crippen molar-refractivity contribution in [2.24, 2.45) is 11.8 Å². The van der Waals surface area contributed by atoms with Gasteiger partial charge in [0.1, 0.15) is 0 Å². The summed E-state index contributed by atoms with van der Waals surface area (Å²) in [6.07, 6.45) is 3.97. The molecule has 0 aromatic rings. The van der Waals surface area contributed by atoms with Crippen LogP contribution in [0.4, 0.5) is 4.79 Å². The predicted octanol–water partition coefficient (Wildman–Crippen LogP) is 1.75. The van der Waals surface area contributed by atoms with E-state index in [0.29, 0.717) is 30.8 Å². The Balaban J connectivity index is 2.06. The van der Waals surface area contributed by atoms with Gasteiger partial charge in [-0.3, -0.25) is 10.1 Å². The fourth-order valence-corrected chi connectivity index (χ4v) is 2.89. The topological polar surface area (TPSA) is 49.4 Å². The molecule has 16 heavy (non-hydrogen) atoms. The molecule has 3 unspecified atom stereocenters. The van der Waals surface area contributed by atoms with Crippen LogP contribution in [0.1, 0.15) is 39.5 Å². The van der Waals surface area contributed by atoms with Gasteiger partial charge in [0, 0.05) is 19.0 Å². The molecular weight excluding hydrogens is 204 g/mol. The Hall–Kier alpha value is -1.06. The molecule has 1 saturated carbocycles. The Bertz CT molecular complexity index is 303. The van der Waals surface area contributed by atoms with Crippen molar-refractivity contribution in [2.45, 2.75) is 45.6 Å². The number of imide groups is 1. The lowest BCUT2D eigenvalue weighted by molar-refractivity contribution is -0.122. The van der Waals surface area contributed by atoms with Crippen LogP contribution in [0.15, 0.2) is 0 Å². The van der Waals surface area contributed by atoms with Gasteiger partial charge in [-0.1, -0.05) is 26.7 Å². The van der Waals surface area contributed by atoms with E-state index in [2.05, 4.69) is 19.2 Å². The summed E-state index contributed by atoms with van der Waals surface area (Å²) >= 11 is 0. The Kier molecular flexibility index (Phi) is 3.17. The second-order valence-electron chi connectivity index (χ2n) is 5.13. The largest absolute Gasteiger partial charge is 0.324 e. The van der Waals surface area contributed by atoms with E-state index in [1.807, 2.05) is 4.90 Å². The maximum absolute atomic E-state index is 11.8. The monoisotopic (exact) mass is 224 g/mol. The lowest BCUT2D eigenvalue weighted by atomic mass is 9.77. The van der Waals surface area contributed by atoms with Crippen LogP contribution >= 0.6 is 0 Å². The first-order valence-corrected chi connectivity index (χ1v) is 6.20. The summed E-state index contributed by atoms with van der Waals surface area (Å²) in [5.41, 5.74) is 0. The van der Waals surface area contributed by atoms with Gasteiger partial charge in [0.05, 0.1) is 0 Å². The van der Waals surface area contributed by atoms with Gasteiger partial charge in [-0.15, -0.1) is 0 Å². The molecule has 3 amide bonds. The van der Waals surface area contributed by atoms with Crippen molar-refractivity contribution >= 4 is 11.9 Å². The minimum Gasteiger partial charge on any atom is -0.321 e. The Morgan fingerprint density at radius 2 is 2.00 bits per heavy atom. The number of amides is 3. The summed E-state index contributed by atoms with van der Waals surface area (Å²) < 4.78 is 0. The molecule has 1 aliphatic heterocycles. The van der Waals surface area contributed by atoms with Crippen molar-refractivity contribution in [3.63, 3.8) is 0 Å². The molecule has 1 saturated heterocycles. The molecule has 90 valence electrons. The van der Waals surface area contributed by atoms with E-state index in [1.165, 1.54) is 12.8 Å². The van der Waals surface area contributed by atoms with Gasteiger partial charge in [0.15, 0.2) is 0 Å². The Labute approximate surface area is 96.4 Å². The Morgan fingerprint density at radius 3 is 2.69 bits per heavy atom. The van der Waals surface area contributed by atoms with Gasteiger partial charge in [-0.05, 0) is 18.3 Å². The molecule has 2 aliphatic rings. The van der Waals surface area contributed by atoms with Gasteiger partial charge in [0.25, 0.3) is 0 Å². The van der Waals surface area contributed by atoms with Crippen molar-refractivity contribution in [1.82, 2.24) is 10.2 Å². The maximum atomic E-state index is 11.8. The minimum absolute atomic E-state index is 0.141. The molecule has 1 heterocycles. The van der Waals surface area contributed by atoms with Gasteiger partial charge in [-0.25, -0.2) is 4.79 Å². The third-order valence-electron chi connectivity index (χ3n) is 4.15. The second-order valence-corrected chi connectivity index (χ2v) is 5.13. The van der Waals surface area contributed by atoms with Gasteiger partial charge in [0.2, 0.25) is 5.91 Å². The highest BCUT2D eigenvalue weighted by Gasteiger charge is 2.36. The number of rotatable bonds is 1. The van der Waals surface area contributed by atoms with E-state index in [4.69, 9.17) is 0 Å². The number of hydrogen-bond acceptors (Lipinski definition) is 2. The molecular formula is C12H20N2O2. The normalized spacial score (nSPS) is 36.1. The van der Waals surface area contributed by atoms with Crippen molar-refractivity contribution in [3.05, 3.63) is 0 Å². The van der Waals surface area contributed by atoms with Crippen molar-refractivity contribution in [2.75, 3.05) is 6.54 Å². The van der Waals surface area contributed by atoms with Crippen molar-refractivity contribution < 1.29 is 9.59 Å². The fraction of sp³-hybridized carbons (Fsp3) is 0.833. The highest BCUT2D eigenvalue weighted by atomic mass is 16.2. The second kappa shape index (κ2) is 4.44. The average Bonchev–Trinajstić information content (AvgIpc) is 2.23. The van der Waals surface area contributed by atoms with Gasteiger partial charge < -0.3 is 4.90 Å². The van der Waals surface area contributed by atoms with Crippen LogP contribution < -0.4 is 5.32 Å². The molecule has 4 nitrogen and oxygen atoms in total. The molecule has 1 N–H and O–H groups in total. The number of carbonyl (C=O) groups is 2. The first-order valence-electron chi connectivity index (χ1n) is 6.20. The quantitative estimate of drug-likeness (QED) is 0.737. The molecule has 4 heteroatoms. The number of carbonyl (C=O) groups excluding carboxylic acids is 2. The summed E-state index contributed by atoms with van der Waals surface area (Å²) in [5.74, 6) is 1.06. The number of nitrogens with zero attached hydrogens (tertiary/aromatic N) is 1. The zero-order valence-electron chi connectivity index (χ0n) is 10.0. The predicted molar refractivity (Wildman–Crippen MR) is 60.8 cm³/mol. The maximum Gasteiger partial charge on any atom is 0.324 e. The van der Waals surface area contributed by atoms with Gasteiger partial charge >= 0.3 is 6.03 Å². The molecule has 0 bridgehead atoms. The van der Waals surface area contributed by atoms with Crippen LogP contribution in [0, 0.1) is 11.8 Å². The number of nitrogens with one attached hydrogen (secondary N) is 1. The highest BCUT2D eigenvalue weighted by Crippen LogP contribution is 2.33. The van der Waals surface area contributed by atoms with E-state index in [9.17, 15) is 9.59 Å². The fourth-order valence-electron chi connectivity index (χ4n) is 2.89. The van der Waals surface area contributed by atoms with E-state index in [1.54, 1.807) is 0 Å². The third kappa shape index (κ3) is 2.06. The summed E-state index contributed by atoms with van der Waals surface area (Å²) in [5, 5.41) is 2.41. The zero-order valence-corrected chi connectivity index (χ0v) is 10.0. The molecule has 0 aromatic carbocycles. The molecule has 1 aliphatic carbocycles. The smallest absolute Gasteiger partial charge is 0.321 e. The summed E-state index contributed by atoms with van der Waals surface area (Å²) in [7, 11) is 0. The van der Waals surface area contributed by atoms with Crippen LogP contribution in [0.25, 0.3) is 0 Å². The van der Waals surface area contributed by atoms with E-state index < -0.39 is 0 Å². The zero-order chi connectivity index (χ0) is 11.7. The average molecular weight is 224 g/mol. The van der Waals surface area contributed by atoms with Crippen molar-refractivity contribution in [3.8, 4) is 0 Å². The molecule has 2 rings (SSSR count). The van der Waals surface area contributed by atoms with Crippen LogP contribution in [0.2, 0.25) is 0 Å². The van der Waals surface area contributed by atoms with Crippen LogP contribution in [0.3, 0.4) is 0 Å². The van der Waals surface area contributed by atoms with Crippen LogP contribution in [0.5, 0.6) is 0 Å². The lowest BCUT2D eigenvalue weighted by Crippen LogP contribution is -2.56. The highest BCUT2D eigenvalue weighted by molar-refractivity contribution is 5.96. The first kappa shape index (κ1) is 11.4. The van der Waals surface area contributed by atoms with Crippen LogP contribution in [-0.2, 0) is 4.79 Å². The summed E-state index contributed by atoms with van der Waals surface area (Å²) in [4.78, 5) is 24.7. The van der Waals surface area contributed by atoms with Crippen molar-refractivity contribution in [1.29, 1.82) is 0 Å². The lowest BCUT2D eigenvalue weighted by Gasteiger charge is -2.42. The van der Waals surface area contributed by atoms with E-state index in [-0.39, 0.29) is 11.9 Å². The minimum atomic E-state index is -0.192. The van der Waals surface area contributed by atoms with Gasteiger partial charge in [-0.2, -0.15) is 0 Å². The number of urea groups is 1. The SMILES string of the molecule is CC1CCCC(N2CCC(=O)NC2=O)C1C. The van der Waals surface area contributed by atoms with E-state index in [0.717, 1.165) is 6.42 Å². The molecule has 2 fully saturated rings. The van der Waals surface area contributed by atoms with Crippen LogP contribution in [-0.4, -0.2) is 29.4 Å². The molecule has 0 spiro atoms. The third-order valence-corrected chi connectivity index (χ3v) is 4.15. The standard InChI is InChI=1S/C12H20N2O2/c1-8-4-3-5-10(9(8)2)14-7-6-11(15)13-12(14)16/h8-10H,3-7H2,1-2H3,(H,13,15,16). The molecule has 0 radical (unpaired) electrons. The molecule has 0 aromatic heterocycles.